The van der Waals surface area contributed by atoms with E-state index in [1.165, 1.54) is 12.8 Å². The van der Waals surface area contributed by atoms with Crippen LogP contribution in [0, 0.1) is 23.2 Å². The van der Waals surface area contributed by atoms with Gasteiger partial charge in [-0.15, -0.1) is 0 Å². The first-order chi connectivity index (χ1) is 9.70. The minimum Gasteiger partial charge on any atom is -0.458 e. The fourth-order valence-electron chi connectivity index (χ4n) is 3.65. The van der Waals surface area contributed by atoms with Crippen LogP contribution >= 0.6 is 12.6 Å². The van der Waals surface area contributed by atoms with Crippen LogP contribution < -0.4 is 0 Å². The van der Waals surface area contributed by atoms with Crippen molar-refractivity contribution in [2.75, 3.05) is 5.75 Å². The zero-order valence-electron chi connectivity index (χ0n) is 14.7. The molecule has 1 aliphatic carbocycles. The Morgan fingerprint density at radius 3 is 2.00 bits per heavy atom. The number of thiol groups is 1. The van der Waals surface area contributed by atoms with Crippen molar-refractivity contribution < 1.29 is 9.53 Å². The van der Waals surface area contributed by atoms with Gasteiger partial charge in [-0.25, -0.2) is 0 Å². The Labute approximate surface area is 136 Å². The molecule has 0 aromatic heterocycles. The van der Waals surface area contributed by atoms with E-state index in [-0.39, 0.29) is 17.5 Å². The Hall–Kier alpha value is -0.180. The van der Waals surface area contributed by atoms with Crippen LogP contribution in [-0.4, -0.2) is 17.3 Å². The normalized spacial score (nSPS) is 21.0. The second-order valence-corrected chi connectivity index (χ2v) is 8.20. The number of hydrogen-bond donors (Lipinski definition) is 1. The highest BCUT2D eigenvalue weighted by Gasteiger charge is 2.48. The molecule has 0 bridgehead atoms. The van der Waals surface area contributed by atoms with E-state index in [1.807, 2.05) is 0 Å². The monoisotopic (exact) mass is 314 g/mol. The van der Waals surface area contributed by atoms with Crippen molar-refractivity contribution in [3.63, 3.8) is 0 Å². The van der Waals surface area contributed by atoms with Gasteiger partial charge in [-0.1, -0.05) is 41.5 Å². The van der Waals surface area contributed by atoms with Crippen LogP contribution in [0.5, 0.6) is 0 Å². The molecule has 1 fully saturated rings. The van der Waals surface area contributed by atoms with E-state index in [9.17, 15) is 4.79 Å². The largest absolute Gasteiger partial charge is 0.458 e. The van der Waals surface area contributed by atoms with E-state index in [0.717, 1.165) is 19.3 Å². The lowest BCUT2D eigenvalue weighted by Gasteiger charge is -2.41. The predicted molar refractivity (Wildman–Crippen MR) is 92.7 cm³/mol. The third-order valence-electron chi connectivity index (χ3n) is 5.36. The maximum Gasteiger partial charge on any atom is 0.313 e. The second-order valence-electron chi connectivity index (χ2n) is 7.88. The Bertz CT molecular complexity index is 343. The molecule has 0 aromatic rings. The number of ether oxygens (including phenoxy) is 1. The summed E-state index contributed by atoms with van der Waals surface area (Å²) in [5.41, 5.74) is -0.696. The fraction of sp³-hybridized carbons (Fsp3) is 0.944. The summed E-state index contributed by atoms with van der Waals surface area (Å²) in [6.45, 7) is 12.9. The number of carbonyl (C=O) groups excluding carboxylic acids is 1. The van der Waals surface area contributed by atoms with Gasteiger partial charge in [0.15, 0.2) is 0 Å². The minimum absolute atomic E-state index is 0.0169. The van der Waals surface area contributed by atoms with Gasteiger partial charge < -0.3 is 4.74 Å². The van der Waals surface area contributed by atoms with Gasteiger partial charge in [0, 0.05) is 5.75 Å². The summed E-state index contributed by atoms with van der Waals surface area (Å²) >= 11 is 4.53. The average Bonchev–Trinajstić information content (AvgIpc) is 2.84. The summed E-state index contributed by atoms with van der Waals surface area (Å²) in [5.74, 6) is 1.64. The maximum absolute atomic E-state index is 13.1. The van der Waals surface area contributed by atoms with Crippen LogP contribution in [0.2, 0.25) is 0 Å². The van der Waals surface area contributed by atoms with Gasteiger partial charge in [-0.05, 0) is 49.9 Å². The molecule has 0 heterocycles. The van der Waals surface area contributed by atoms with Crippen molar-refractivity contribution in [3.05, 3.63) is 0 Å². The lowest BCUT2D eigenvalue weighted by molar-refractivity contribution is -0.179. The molecular weight excluding hydrogens is 280 g/mol. The molecule has 0 saturated heterocycles. The molecule has 3 heteroatoms. The Balaban J connectivity index is 3.00. The van der Waals surface area contributed by atoms with Crippen molar-refractivity contribution in [3.8, 4) is 0 Å². The minimum atomic E-state index is -0.457. The van der Waals surface area contributed by atoms with Crippen molar-refractivity contribution in [1.29, 1.82) is 0 Å². The van der Waals surface area contributed by atoms with Crippen LogP contribution in [-0.2, 0) is 9.53 Å². The predicted octanol–water partition coefficient (Wildman–Crippen LogP) is 5.12. The van der Waals surface area contributed by atoms with E-state index in [2.05, 4.69) is 54.2 Å². The van der Waals surface area contributed by atoms with Crippen molar-refractivity contribution in [1.82, 2.24) is 0 Å². The molecule has 1 atom stereocenters. The molecule has 1 unspecified atom stereocenters. The van der Waals surface area contributed by atoms with Gasteiger partial charge in [-0.2, -0.15) is 12.6 Å². The van der Waals surface area contributed by atoms with Crippen LogP contribution in [0.25, 0.3) is 0 Å². The summed E-state index contributed by atoms with van der Waals surface area (Å²) in [6, 6.07) is 0. The number of esters is 1. The number of carbonyl (C=O) groups is 1. The average molecular weight is 315 g/mol. The smallest absolute Gasteiger partial charge is 0.313 e. The molecule has 21 heavy (non-hydrogen) atoms. The molecule has 0 amide bonds. The van der Waals surface area contributed by atoms with Crippen LogP contribution in [0.4, 0.5) is 0 Å². The van der Waals surface area contributed by atoms with Gasteiger partial charge in [0.05, 0.1) is 5.41 Å². The van der Waals surface area contributed by atoms with Crippen LogP contribution in [0.1, 0.15) is 73.6 Å². The Kier molecular flexibility index (Phi) is 6.64. The van der Waals surface area contributed by atoms with Gasteiger partial charge in [0.25, 0.3) is 0 Å². The molecule has 1 aliphatic rings. The van der Waals surface area contributed by atoms with Crippen molar-refractivity contribution in [2.24, 2.45) is 23.2 Å². The highest BCUT2D eigenvalue weighted by molar-refractivity contribution is 7.80. The molecular formula is C18H34O2S. The molecule has 0 aromatic carbocycles. The SMILES string of the molecule is CC(C)CC(CS)(C(=O)OC1(C(C)C)CCCC1)C(C)C. The number of hydrogen-bond acceptors (Lipinski definition) is 3. The molecule has 1 rings (SSSR count). The summed E-state index contributed by atoms with van der Waals surface area (Å²) in [4.78, 5) is 13.1. The molecule has 0 radical (unpaired) electrons. The first-order valence-electron chi connectivity index (χ1n) is 8.54. The number of rotatable bonds is 7. The van der Waals surface area contributed by atoms with E-state index < -0.39 is 5.41 Å². The maximum atomic E-state index is 13.1. The van der Waals surface area contributed by atoms with E-state index in [4.69, 9.17) is 4.74 Å². The molecule has 124 valence electrons. The van der Waals surface area contributed by atoms with Crippen molar-refractivity contribution in [2.45, 2.75) is 79.2 Å². The molecule has 0 aliphatic heterocycles. The lowest BCUT2D eigenvalue weighted by atomic mass is 9.72. The quantitative estimate of drug-likeness (QED) is 0.521. The fourth-order valence-corrected chi connectivity index (χ4v) is 4.28. The Morgan fingerprint density at radius 1 is 1.14 bits per heavy atom. The van der Waals surface area contributed by atoms with Gasteiger partial charge in [-0.3, -0.25) is 4.79 Å². The molecule has 1 saturated carbocycles. The first kappa shape index (κ1) is 18.9. The van der Waals surface area contributed by atoms with Gasteiger partial charge >= 0.3 is 5.97 Å². The Morgan fingerprint density at radius 2 is 1.67 bits per heavy atom. The third-order valence-corrected chi connectivity index (χ3v) is 5.93. The summed E-state index contributed by atoms with van der Waals surface area (Å²) in [6.07, 6.45) is 5.22. The van der Waals surface area contributed by atoms with E-state index in [0.29, 0.717) is 17.6 Å². The molecule has 0 N–H and O–H groups in total. The topological polar surface area (TPSA) is 26.3 Å². The van der Waals surface area contributed by atoms with Gasteiger partial charge in [0.1, 0.15) is 5.60 Å². The highest BCUT2D eigenvalue weighted by Crippen LogP contribution is 2.44. The highest BCUT2D eigenvalue weighted by atomic mass is 32.1. The summed E-state index contributed by atoms with van der Waals surface area (Å²) < 4.78 is 6.19. The third kappa shape index (κ3) is 3.97. The van der Waals surface area contributed by atoms with E-state index in [1.54, 1.807) is 0 Å². The zero-order chi connectivity index (χ0) is 16.3. The van der Waals surface area contributed by atoms with Gasteiger partial charge in [0.2, 0.25) is 0 Å². The first-order valence-corrected chi connectivity index (χ1v) is 9.17. The van der Waals surface area contributed by atoms with Crippen molar-refractivity contribution >= 4 is 18.6 Å². The molecule has 0 spiro atoms. The molecule has 2 nitrogen and oxygen atoms in total. The second kappa shape index (κ2) is 7.39. The zero-order valence-corrected chi connectivity index (χ0v) is 15.6. The van der Waals surface area contributed by atoms with E-state index >= 15 is 0 Å². The standard InChI is InChI=1S/C18H34O2S/c1-13(2)11-17(12-21,14(3)4)16(19)20-18(15(5)6)9-7-8-10-18/h13-15,21H,7-12H2,1-6H3. The van der Waals surface area contributed by atoms with Crippen LogP contribution in [0.15, 0.2) is 0 Å². The summed E-state index contributed by atoms with van der Waals surface area (Å²) in [5, 5.41) is 0. The lowest BCUT2D eigenvalue weighted by Crippen LogP contribution is -2.47. The summed E-state index contributed by atoms with van der Waals surface area (Å²) in [7, 11) is 0. The van der Waals surface area contributed by atoms with Crippen LogP contribution in [0.3, 0.4) is 0 Å².